The molecule has 182 valence electrons. The lowest BCUT2D eigenvalue weighted by molar-refractivity contribution is 0.0918. The zero-order chi connectivity index (χ0) is 24.8. The van der Waals surface area contributed by atoms with Crippen LogP contribution in [0.1, 0.15) is 35.7 Å². The first-order valence-electron chi connectivity index (χ1n) is 10.2. The van der Waals surface area contributed by atoms with Crippen molar-refractivity contribution in [1.82, 2.24) is 5.32 Å². The molecule has 1 N–H and O–H groups in total. The first kappa shape index (κ1) is 24.9. The van der Waals surface area contributed by atoms with Gasteiger partial charge in [0.2, 0.25) is 29.1 Å². The van der Waals surface area contributed by atoms with Crippen LogP contribution in [-0.4, -0.2) is 19.1 Å². The number of amides is 1. The second kappa shape index (κ2) is 10.9. The van der Waals surface area contributed by atoms with Gasteiger partial charge in [-0.1, -0.05) is 6.07 Å². The first-order chi connectivity index (χ1) is 16.3. The number of rotatable bonds is 10. The monoisotopic (exact) mass is 485 g/mol. The molecule has 6 nitrogen and oxygen atoms in total. The van der Waals surface area contributed by atoms with E-state index in [-0.39, 0.29) is 18.1 Å². The molecule has 34 heavy (non-hydrogen) atoms. The largest absolute Gasteiger partial charge is 0.490 e. The molecule has 0 fully saturated rings. The van der Waals surface area contributed by atoms with Crippen molar-refractivity contribution in [2.75, 3.05) is 13.2 Å². The van der Waals surface area contributed by atoms with E-state index in [1.54, 1.807) is 18.2 Å². The van der Waals surface area contributed by atoms with E-state index in [2.05, 4.69) is 5.32 Å². The van der Waals surface area contributed by atoms with E-state index >= 15 is 0 Å². The number of nitrogens with one attached hydrogen (secondary N) is 1. The van der Waals surface area contributed by atoms with E-state index in [4.69, 9.17) is 18.6 Å². The minimum atomic E-state index is -2.29. The maximum absolute atomic E-state index is 13.7. The Morgan fingerprint density at radius 1 is 0.824 bits per heavy atom. The lowest BCUT2D eigenvalue weighted by Crippen LogP contribution is -2.22. The van der Waals surface area contributed by atoms with Crippen molar-refractivity contribution in [1.29, 1.82) is 0 Å². The molecule has 0 atom stereocenters. The third kappa shape index (κ3) is 5.41. The molecule has 3 aromatic rings. The summed E-state index contributed by atoms with van der Waals surface area (Å²) in [5.41, 5.74) is 0.724. The molecule has 0 bridgehead atoms. The maximum Gasteiger partial charge on any atom is 0.287 e. The zero-order valence-electron chi connectivity index (χ0n) is 18.1. The fourth-order valence-electron chi connectivity index (χ4n) is 2.91. The normalized spacial score (nSPS) is 10.8. The van der Waals surface area contributed by atoms with Crippen molar-refractivity contribution >= 4 is 5.91 Å². The molecule has 0 saturated heterocycles. The number of hydrogen-bond donors (Lipinski definition) is 1. The highest BCUT2D eigenvalue weighted by atomic mass is 19.2. The molecule has 2 aromatic carbocycles. The Hall–Kier alpha value is -3.76. The molecule has 11 heteroatoms. The van der Waals surface area contributed by atoms with E-state index in [0.29, 0.717) is 24.7 Å². The summed E-state index contributed by atoms with van der Waals surface area (Å²) in [4.78, 5) is 12.4. The lowest BCUT2D eigenvalue weighted by atomic mass is 10.2. The molecule has 3 rings (SSSR count). The van der Waals surface area contributed by atoms with Crippen LogP contribution in [-0.2, 0) is 13.2 Å². The quantitative estimate of drug-likeness (QED) is 0.240. The van der Waals surface area contributed by atoms with E-state index in [0.717, 1.165) is 5.56 Å². The molecular formula is C23H20F5NO5. The summed E-state index contributed by atoms with van der Waals surface area (Å²) in [7, 11) is 0. The summed E-state index contributed by atoms with van der Waals surface area (Å²) in [5.74, 6) is -11.9. The van der Waals surface area contributed by atoms with Crippen molar-refractivity contribution < 1.29 is 45.4 Å². The number of furan rings is 1. The van der Waals surface area contributed by atoms with Gasteiger partial charge in [0.25, 0.3) is 5.91 Å². The van der Waals surface area contributed by atoms with Crippen LogP contribution in [0.25, 0.3) is 0 Å². The van der Waals surface area contributed by atoms with Crippen molar-refractivity contribution in [3.63, 3.8) is 0 Å². The minimum absolute atomic E-state index is 0.0752. The van der Waals surface area contributed by atoms with Crippen molar-refractivity contribution in [2.24, 2.45) is 0 Å². The predicted molar refractivity (Wildman–Crippen MR) is 109 cm³/mol. The number of ether oxygens (including phenoxy) is 3. The number of benzene rings is 2. The molecule has 1 aromatic heterocycles. The molecule has 0 saturated carbocycles. The van der Waals surface area contributed by atoms with Crippen LogP contribution in [0.4, 0.5) is 22.0 Å². The lowest BCUT2D eigenvalue weighted by Gasteiger charge is -2.12. The maximum atomic E-state index is 13.7. The third-order valence-corrected chi connectivity index (χ3v) is 4.47. The Balaban J connectivity index is 1.63. The van der Waals surface area contributed by atoms with Gasteiger partial charge < -0.3 is 23.9 Å². The van der Waals surface area contributed by atoms with Gasteiger partial charge in [0, 0.05) is 6.54 Å². The first-order valence-corrected chi connectivity index (χ1v) is 10.2. The van der Waals surface area contributed by atoms with Crippen LogP contribution in [0.15, 0.2) is 34.7 Å². The van der Waals surface area contributed by atoms with E-state index in [1.165, 1.54) is 12.1 Å². The highest BCUT2D eigenvalue weighted by Crippen LogP contribution is 2.30. The Kier molecular flexibility index (Phi) is 7.98. The number of carbonyl (C=O) groups excluding carboxylic acids is 1. The predicted octanol–water partition coefficient (Wildman–Crippen LogP) is 5.28. The van der Waals surface area contributed by atoms with Crippen LogP contribution < -0.4 is 19.5 Å². The van der Waals surface area contributed by atoms with Gasteiger partial charge in [-0.2, -0.15) is 8.78 Å². The Morgan fingerprint density at radius 3 is 2.09 bits per heavy atom. The number of halogens is 5. The zero-order valence-corrected chi connectivity index (χ0v) is 18.1. The molecule has 1 heterocycles. The van der Waals surface area contributed by atoms with E-state index in [9.17, 15) is 26.7 Å². The number of hydrogen-bond acceptors (Lipinski definition) is 5. The van der Waals surface area contributed by atoms with E-state index in [1.807, 2.05) is 13.8 Å². The summed E-state index contributed by atoms with van der Waals surface area (Å²) in [6.45, 7) is 4.01. The van der Waals surface area contributed by atoms with Crippen LogP contribution in [0.5, 0.6) is 17.2 Å². The van der Waals surface area contributed by atoms with Gasteiger partial charge in [0.1, 0.15) is 12.4 Å². The van der Waals surface area contributed by atoms with Gasteiger partial charge in [-0.25, -0.2) is 13.2 Å². The summed E-state index contributed by atoms with van der Waals surface area (Å²) < 4.78 is 88.0. The van der Waals surface area contributed by atoms with Gasteiger partial charge in [-0.3, -0.25) is 4.79 Å². The van der Waals surface area contributed by atoms with Crippen molar-refractivity contribution in [2.45, 2.75) is 27.0 Å². The van der Waals surface area contributed by atoms with Gasteiger partial charge >= 0.3 is 0 Å². The van der Waals surface area contributed by atoms with Crippen LogP contribution in [0.2, 0.25) is 0 Å². The highest BCUT2D eigenvalue weighted by Gasteiger charge is 2.27. The highest BCUT2D eigenvalue weighted by molar-refractivity contribution is 5.91. The molecule has 0 radical (unpaired) electrons. The molecule has 0 unspecified atom stereocenters. The molecule has 0 aliphatic carbocycles. The molecule has 0 spiro atoms. The fraction of sp³-hybridized carbons (Fsp3) is 0.261. The van der Waals surface area contributed by atoms with Crippen LogP contribution in [0.3, 0.4) is 0 Å². The second-order valence-electron chi connectivity index (χ2n) is 6.78. The average Bonchev–Trinajstić information content (AvgIpc) is 3.31. The Bertz CT molecular complexity index is 1150. The van der Waals surface area contributed by atoms with Gasteiger partial charge in [0.05, 0.1) is 13.2 Å². The second-order valence-corrected chi connectivity index (χ2v) is 6.78. The van der Waals surface area contributed by atoms with Crippen LogP contribution >= 0.6 is 0 Å². The van der Waals surface area contributed by atoms with Gasteiger partial charge in [0.15, 0.2) is 23.0 Å². The van der Waals surface area contributed by atoms with Crippen molar-refractivity contribution in [3.05, 3.63) is 76.5 Å². The molecule has 0 aliphatic rings. The average molecular weight is 485 g/mol. The summed E-state index contributed by atoms with van der Waals surface area (Å²) >= 11 is 0. The standard InChI is InChI=1S/C23H20F5NO5/c1-3-31-14-7-5-12(9-16(14)32-4-2)10-29-23(30)15-8-6-13(34-15)11-33-22-20(27)18(25)17(24)19(26)21(22)28/h5-9H,3-4,10-11H2,1-2H3,(H,29,30). The minimum Gasteiger partial charge on any atom is -0.490 e. The third-order valence-electron chi connectivity index (χ3n) is 4.47. The Labute approximate surface area is 191 Å². The van der Waals surface area contributed by atoms with Gasteiger partial charge in [-0.15, -0.1) is 0 Å². The van der Waals surface area contributed by atoms with Gasteiger partial charge in [-0.05, 0) is 43.7 Å². The SMILES string of the molecule is CCOc1ccc(CNC(=O)c2ccc(COc3c(F)c(F)c(F)c(F)c3F)o2)cc1OCC. The summed E-state index contributed by atoms with van der Waals surface area (Å²) in [6, 6.07) is 7.73. The fourth-order valence-corrected chi connectivity index (χ4v) is 2.91. The van der Waals surface area contributed by atoms with Crippen molar-refractivity contribution in [3.8, 4) is 17.2 Å². The summed E-state index contributed by atoms with van der Waals surface area (Å²) in [5, 5.41) is 2.63. The Morgan fingerprint density at radius 2 is 1.44 bits per heavy atom. The van der Waals surface area contributed by atoms with Crippen LogP contribution in [0, 0.1) is 29.1 Å². The molecule has 0 aliphatic heterocycles. The van der Waals surface area contributed by atoms with E-state index < -0.39 is 47.3 Å². The number of carbonyl (C=O) groups is 1. The smallest absolute Gasteiger partial charge is 0.287 e. The topological polar surface area (TPSA) is 69.9 Å². The molecular weight excluding hydrogens is 465 g/mol. The molecule has 1 amide bonds. The summed E-state index contributed by atoms with van der Waals surface area (Å²) in [6.07, 6.45) is 0.